The summed E-state index contributed by atoms with van der Waals surface area (Å²) in [6.07, 6.45) is 3.18. The van der Waals surface area contributed by atoms with Crippen molar-refractivity contribution >= 4 is 49.3 Å². The number of carbonyl (C=O) groups excluding carboxylic acids is 2. The van der Waals surface area contributed by atoms with Crippen molar-refractivity contribution in [1.29, 1.82) is 0 Å². The van der Waals surface area contributed by atoms with Crippen molar-refractivity contribution in [3.8, 4) is 0 Å². The average Bonchev–Trinajstić information content (AvgIpc) is 3.53. The maximum Gasteiger partial charge on any atom is 0.296 e. The van der Waals surface area contributed by atoms with Crippen LogP contribution in [0, 0.1) is 6.92 Å². The number of ketones is 1. The molecular formula is C26H17N3O4S. The van der Waals surface area contributed by atoms with Crippen molar-refractivity contribution in [1.82, 2.24) is 9.97 Å². The van der Waals surface area contributed by atoms with E-state index < -0.39 is 23.5 Å². The molecule has 1 unspecified atom stereocenters. The molecule has 1 aliphatic rings. The van der Waals surface area contributed by atoms with Crippen LogP contribution in [0.2, 0.25) is 0 Å². The normalized spacial score (nSPS) is 16.2. The minimum atomic E-state index is -0.899. The zero-order chi connectivity index (χ0) is 23.4. The molecular weight excluding hydrogens is 450 g/mol. The number of pyridine rings is 1. The second-order valence-corrected chi connectivity index (χ2v) is 9.08. The van der Waals surface area contributed by atoms with Crippen molar-refractivity contribution in [2.45, 2.75) is 13.0 Å². The van der Waals surface area contributed by atoms with E-state index in [-0.39, 0.29) is 11.3 Å². The highest BCUT2D eigenvalue weighted by atomic mass is 32.1. The average molecular weight is 468 g/mol. The molecule has 6 rings (SSSR count). The lowest BCUT2D eigenvalue weighted by molar-refractivity contribution is -0.117. The highest BCUT2D eigenvalue weighted by Gasteiger charge is 2.46. The van der Waals surface area contributed by atoms with Gasteiger partial charge >= 0.3 is 0 Å². The summed E-state index contributed by atoms with van der Waals surface area (Å²) in [5.74, 6) is -1.82. The van der Waals surface area contributed by atoms with Gasteiger partial charge in [-0.3, -0.25) is 19.5 Å². The molecule has 1 aliphatic heterocycles. The van der Waals surface area contributed by atoms with Crippen LogP contribution in [0.4, 0.5) is 5.13 Å². The number of furan rings is 1. The number of nitrogens with zero attached hydrogens (tertiary/aromatic N) is 3. The summed E-state index contributed by atoms with van der Waals surface area (Å²) in [7, 11) is 0. The molecule has 1 amide bonds. The number of rotatable bonds is 4. The Morgan fingerprint density at radius 2 is 1.97 bits per heavy atom. The quantitative estimate of drug-likeness (QED) is 0.349. The summed E-state index contributed by atoms with van der Waals surface area (Å²) < 4.78 is 6.67. The number of aliphatic hydroxyl groups is 1. The van der Waals surface area contributed by atoms with Crippen LogP contribution in [0.25, 0.3) is 21.2 Å². The van der Waals surface area contributed by atoms with Crippen LogP contribution in [0.5, 0.6) is 0 Å². The van der Waals surface area contributed by atoms with Crippen molar-refractivity contribution in [3.05, 3.63) is 101 Å². The molecule has 0 saturated heterocycles. The number of anilines is 1. The van der Waals surface area contributed by atoms with Gasteiger partial charge in [0.2, 0.25) is 5.78 Å². The number of aromatic nitrogens is 2. The number of amides is 1. The van der Waals surface area contributed by atoms with Gasteiger partial charge in [-0.25, -0.2) is 4.98 Å². The van der Waals surface area contributed by atoms with Crippen LogP contribution >= 0.6 is 11.3 Å². The van der Waals surface area contributed by atoms with E-state index in [1.54, 1.807) is 36.7 Å². The fraction of sp³-hybridized carbons (Fsp3) is 0.0769. The summed E-state index contributed by atoms with van der Waals surface area (Å²) in [5, 5.41) is 12.1. The van der Waals surface area contributed by atoms with Gasteiger partial charge in [0, 0.05) is 17.8 Å². The molecule has 4 heterocycles. The second-order valence-electron chi connectivity index (χ2n) is 8.07. The lowest BCUT2D eigenvalue weighted by Crippen LogP contribution is -2.31. The Hall–Kier alpha value is -4.30. The van der Waals surface area contributed by atoms with Gasteiger partial charge in [0.25, 0.3) is 5.91 Å². The summed E-state index contributed by atoms with van der Waals surface area (Å²) in [6.45, 7) is 1.98. The van der Waals surface area contributed by atoms with Crippen LogP contribution in [0.1, 0.15) is 27.7 Å². The molecule has 34 heavy (non-hydrogen) atoms. The van der Waals surface area contributed by atoms with Gasteiger partial charge in [-0.1, -0.05) is 41.7 Å². The molecule has 0 spiro atoms. The van der Waals surface area contributed by atoms with Crippen LogP contribution in [0.15, 0.2) is 88.8 Å². The molecule has 1 atom stereocenters. The Morgan fingerprint density at radius 1 is 1.12 bits per heavy atom. The molecule has 3 aromatic heterocycles. The van der Waals surface area contributed by atoms with Crippen molar-refractivity contribution in [3.63, 3.8) is 0 Å². The standard InChI is InChI=1S/C26H17N3O4S/c1-14-8-9-17-20(11-14)34-26(28-17)29-22(16-6-4-10-27-13-16)21(24(31)25(29)32)23(30)19-12-15-5-2-3-7-18(15)33-19/h2-13,22,31H,1H3. The van der Waals surface area contributed by atoms with Crippen LogP contribution in [-0.2, 0) is 4.79 Å². The smallest absolute Gasteiger partial charge is 0.296 e. The number of aryl methyl sites for hydroxylation is 1. The fourth-order valence-corrected chi connectivity index (χ4v) is 5.33. The van der Waals surface area contributed by atoms with E-state index in [0.29, 0.717) is 16.3 Å². The summed E-state index contributed by atoms with van der Waals surface area (Å²) in [6, 6.07) is 17.3. The maximum atomic E-state index is 13.6. The molecule has 0 radical (unpaired) electrons. The first-order valence-electron chi connectivity index (χ1n) is 10.6. The molecule has 7 nitrogen and oxygen atoms in total. The largest absolute Gasteiger partial charge is 0.503 e. The third-order valence-electron chi connectivity index (χ3n) is 5.84. The van der Waals surface area contributed by atoms with Crippen molar-refractivity contribution in [2.75, 3.05) is 4.90 Å². The number of hydrogen-bond acceptors (Lipinski definition) is 7. The van der Waals surface area contributed by atoms with Gasteiger partial charge in [-0.2, -0.15) is 0 Å². The Labute approximate surface area is 197 Å². The molecule has 166 valence electrons. The summed E-state index contributed by atoms with van der Waals surface area (Å²) in [5.41, 5.74) is 2.87. The Morgan fingerprint density at radius 3 is 2.76 bits per heavy atom. The topological polar surface area (TPSA) is 96.5 Å². The number of thiazole rings is 1. The van der Waals surface area contributed by atoms with E-state index in [9.17, 15) is 14.7 Å². The lowest BCUT2D eigenvalue weighted by Gasteiger charge is -2.23. The molecule has 2 aromatic carbocycles. The minimum Gasteiger partial charge on any atom is -0.503 e. The van der Waals surface area contributed by atoms with E-state index >= 15 is 0 Å². The number of carbonyl (C=O) groups is 2. The molecule has 0 bridgehead atoms. The predicted octanol–water partition coefficient (Wildman–Crippen LogP) is 5.53. The molecule has 0 aliphatic carbocycles. The second kappa shape index (κ2) is 7.64. The van der Waals surface area contributed by atoms with Crippen LogP contribution < -0.4 is 4.90 Å². The van der Waals surface area contributed by atoms with E-state index in [1.807, 2.05) is 43.3 Å². The molecule has 5 aromatic rings. The van der Waals surface area contributed by atoms with Gasteiger partial charge in [0.15, 0.2) is 16.7 Å². The Bertz CT molecular complexity index is 1600. The van der Waals surface area contributed by atoms with Gasteiger partial charge < -0.3 is 9.52 Å². The first-order chi connectivity index (χ1) is 16.5. The van der Waals surface area contributed by atoms with Crippen LogP contribution in [0.3, 0.4) is 0 Å². The predicted molar refractivity (Wildman–Crippen MR) is 129 cm³/mol. The fourth-order valence-electron chi connectivity index (χ4n) is 4.24. The maximum absolute atomic E-state index is 13.6. The molecule has 0 saturated carbocycles. The van der Waals surface area contributed by atoms with E-state index in [4.69, 9.17) is 4.42 Å². The van der Waals surface area contributed by atoms with Crippen molar-refractivity contribution < 1.29 is 19.1 Å². The lowest BCUT2D eigenvalue weighted by atomic mass is 9.96. The van der Waals surface area contributed by atoms with E-state index in [2.05, 4.69) is 9.97 Å². The summed E-state index contributed by atoms with van der Waals surface area (Å²) >= 11 is 1.33. The van der Waals surface area contributed by atoms with Gasteiger partial charge in [-0.15, -0.1) is 0 Å². The van der Waals surface area contributed by atoms with E-state index in [0.717, 1.165) is 21.2 Å². The zero-order valence-electron chi connectivity index (χ0n) is 17.9. The first kappa shape index (κ1) is 20.3. The van der Waals surface area contributed by atoms with Gasteiger partial charge in [0.1, 0.15) is 5.58 Å². The first-order valence-corrected chi connectivity index (χ1v) is 11.4. The Balaban J connectivity index is 1.51. The zero-order valence-corrected chi connectivity index (χ0v) is 18.7. The highest BCUT2D eigenvalue weighted by Crippen LogP contribution is 2.44. The minimum absolute atomic E-state index is 0.0474. The third kappa shape index (κ3) is 3.11. The third-order valence-corrected chi connectivity index (χ3v) is 6.86. The monoisotopic (exact) mass is 467 g/mol. The number of fused-ring (bicyclic) bond motifs is 2. The number of aliphatic hydroxyl groups excluding tert-OH is 1. The van der Waals surface area contributed by atoms with E-state index in [1.165, 1.54) is 16.2 Å². The SMILES string of the molecule is Cc1ccc2nc(N3C(=O)C(O)=C(C(=O)c4cc5ccccc5o4)C3c3cccnc3)sc2c1. The van der Waals surface area contributed by atoms with Crippen LogP contribution in [-0.4, -0.2) is 26.8 Å². The Kier molecular flexibility index (Phi) is 4.56. The van der Waals surface area contributed by atoms with Gasteiger partial charge in [0.05, 0.1) is 21.8 Å². The molecule has 0 fully saturated rings. The number of Topliss-reactive ketones (excluding diaryl/α,β-unsaturated/α-hetero) is 1. The van der Waals surface area contributed by atoms with Crippen molar-refractivity contribution in [2.24, 2.45) is 0 Å². The number of para-hydroxylation sites is 1. The number of benzene rings is 2. The summed E-state index contributed by atoms with van der Waals surface area (Å²) in [4.78, 5) is 37.1. The molecule has 8 heteroatoms. The highest BCUT2D eigenvalue weighted by molar-refractivity contribution is 7.22. The van der Waals surface area contributed by atoms with Gasteiger partial charge in [-0.05, 0) is 48.4 Å². The molecule has 1 N–H and O–H groups in total. The number of hydrogen-bond donors (Lipinski definition) is 1.